The van der Waals surface area contributed by atoms with Gasteiger partial charge >= 0.3 is 0 Å². The smallest absolute Gasteiger partial charge is 0.293 e. The van der Waals surface area contributed by atoms with Crippen LogP contribution in [0.4, 0.5) is 10.5 Å². The molecular formula is C12H9N2O5S-. The lowest BCUT2D eigenvalue weighted by molar-refractivity contribution is -0.398. The molecule has 8 heteroatoms. The molecule has 1 fully saturated rings. The summed E-state index contributed by atoms with van der Waals surface area (Å²) in [4.78, 5) is 34.5. The van der Waals surface area contributed by atoms with Crippen molar-refractivity contribution in [2.24, 2.45) is 0 Å². The lowest BCUT2D eigenvalue weighted by atomic mass is 10.1. The summed E-state index contributed by atoms with van der Waals surface area (Å²) in [5, 5.41) is 21.6. The first-order valence-corrected chi connectivity index (χ1v) is 6.46. The van der Waals surface area contributed by atoms with Gasteiger partial charge in [0.2, 0.25) is 0 Å². The molecule has 1 aliphatic heterocycles. The minimum absolute atomic E-state index is 0.185. The summed E-state index contributed by atoms with van der Waals surface area (Å²) in [5.74, 6) is -1.13. The van der Waals surface area contributed by atoms with Crippen LogP contribution in [0.25, 0.3) is 6.08 Å². The molecule has 0 unspecified atom stereocenters. The molecule has 0 spiro atoms. The average Bonchev–Trinajstić information content (AvgIpc) is 2.66. The van der Waals surface area contributed by atoms with Crippen molar-refractivity contribution in [2.45, 2.75) is 6.92 Å². The SMILES string of the molecule is CCN1C(=O)S/C(=C\c2ccc([O-])c([N+](=O)[O-])c2)C1=O. The molecule has 0 aromatic heterocycles. The molecule has 1 saturated heterocycles. The standard InChI is InChI=1S/C12H10N2O5S/c1-2-13-11(16)10(20-12(13)17)6-7-3-4-9(15)8(5-7)14(18)19/h3-6,15H,2H2,1H3/p-1/b10-6-. The predicted octanol–water partition coefficient (Wildman–Crippen LogP) is 1.72. The molecule has 0 radical (unpaired) electrons. The number of benzene rings is 1. The Morgan fingerprint density at radius 3 is 2.65 bits per heavy atom. The van der Waals surface area contributed by atoms with Gasteiger partial charge in [0, 0.05) is 12.6 Å². The fourth-order valence-electron chi connectivity index (χ4n) is 1.69. The van der Waals surface area contributed by atoms with Crippen LogP contribution in [0.5, 0.6) is 5.75 Å². The van der Waals surface area contributed by atoms with Gasteiger partial charge in [-0.1, -0.05) is 12.1 Å². The fraction of sp³-hybridized carbons (Fsp3) is 0.167. The first-order chi connectivity index (χ1) is 9.43. The van der Waals surface area contributed by atoms with Crippen molar-refractivity contribution < 1.29 is 19.6 Å². The van der Waals surface area contributed by atoms with E-state index in [1.54, 1.807) is 6.92 Å². The Balaban J connectivity index is 2.37. The van der Waals surface area contributed by atoms with E-state index >= 15 is 0 Å². The first-order valence-electron chi connectivity index (χ1n) is 5.65. The number of nitro groups is 1. The quantitative estimate of drug-likeness (QED) is 0.477. The lowest BCUT2D eigenvalue weighted by Gasteiger charge is -2.07. The van der Waals surface area contributed by atoms with Crippen molar-refractivity contribution in [1.29, 1.82) is 0 Å². The molecular weight excluding hydrogens is 284 g/mol. The van der Waals surface area contributed by atoms with Gasteiger partial charge in [0.25, 0.3) is 16.8 Å². The van der Waals surface area contributed by atoms with Crippen molar-refractivity contribution in [3.05, 3.63) is 38.8 Å². The molecule has 2 rings (SSSR count). The molecule has 0 bridgehead atoms. The van der Waals surface area contributed by atoms with E-state index in [0.29, 0.717) is 5.56 Å². The van der Waals surface area contributed by atoms with E-state index in [-0.39, 0.29) is 16.7 Å². The number of carbonyl (C=O) groups excluding carboxylic acids is 2. The number of amides is 2. The third-order valence-electron chi connectivity index (χ3n) is 2.67. The molecule has 7 nitrogen and oxygen atoms in total. The lowest BCUT2D eigenvalue weighted by Crippen LogP contribution is -2.27. The Bertz CT molecular complexity index is 641. The first kappa shape index (κ1) is 14.1. The van der Waals surface area contributed by atoms with Crippen LogP contribution in [0.15, 0.2) is 23.1 Å². The highest BCUT2D eigenvalue weighted by Gasteiger charge is 2.33. The third-order valence-corrected chi connectivity index (χ3v) is 3.57. The molecule has 1 aliphatic rings. The van der Waals surface area contributed by atoms with E-state index in [4.69, 9.17) is 0 Å². The third kappa shape index (κ3) is 2.50. The van der Waals surface area contributed by atoms with Gasteiger partial charge in [0.15, 0.2) is 0 Å². The number of thioether (sulfide) groups is 1. The fourth-order valence-corrected chi connectivity index (χ4v) is 2.59. The highest BCUT2D eigenvalue weighted by atomic mass is 32.2. The molecule has 0 N–H and O–H groups in total. The summed E-state index contributed by atoms with van der Waals surface area (Å²) >= 11 is 0.770. The Morgan fingerprint density at radius 2 is 2.10 bits per heavy atom. The Morgan fingerprint density at radius 1 is 1.40 bits per heavy atom. The monoisotopic (exact) mass is 293 g/mol. The molecule has 20 heavy (non-hydrogen) atoms. The summed E-state index contributed by atoms with van der Waals surface area (Å²) in [6.07, 6.45) is 1.37. The number of nitrogens with zero attached hydrogens (tertiary/aromatic N) is 2. The topological polar surface area (TPSA) is 104 Å². The summed E-state index contributed by atoms with van der Waals surface area (Å²) in [6, 6.07) is 3.52. The minimum atomic E-state index is -0.780. The zero-order chi connectivity index (χ0) is 14.9. The van der Waals surface area contributed by atoms with Crippen LogP contribution < -0.4 is 5.11 Å². The number of likely N-dealkylation sites (N-methyl/N-ethyl adjacent to an activating group) is 1. The van der Waals surface area contributed by atoms with Gasteiger partial charge in [-0.05, 0) is 36.1 Å². The summed E-state index contributed by atoms with van der Waals surface area (Å²) < 4.78 is 0. The summed E-state index contributed by atoms with van der Waals surface area (Å²) in [5.41, 5.74) is -0.230. The molecule has 1 aromatic rings. The summed E-state index contributed by atoms with van der Waals surface area (Å²) in [7, 11) is 0. The van der Waals surface area contributed by atoms with Gasteiger partial charge in [0.1, 0.15) is 0 Å². The highest BCUT2D eigenvalue weighted by Crippen LogP contribution is 2.33. The van der Waals surface area contributed by atoms with Crippen LogP contribution in [0.3, 0.4) is 0 Å². The predicted molar refractivity (Wildman–Crippen MR) is 70.9 cm³/mol. The number of carbonyl (C=O) groups is 2. The van der Waals surface area contributed by atoms with Crippen LogP contribution in [-0.4, -0.2) is 27.5 Å². The van der Waals surface area contributed by atoms with E-state index < -0.39 is 22.3 Å². The second-order valence-electron chi connectivity index (χ2n) is 3.91. The Hall–Kier alpha value is -2.35. The van der Waals surface area contributed by atoms with Gasteiger partial charge in [-0.3, -0.25) is 24.6 Å². The molecule has 104 valence electrons. The molecule has 0 saturated carbocycles. The molecule has 1 heterocycles. The maximum absolute atomic E-state index is 11.9. The van der Waals surface area contributed by atoms with E-state index in [2.05, 4.69) is 0 Å². The number of hydrogen-bond donors (Lipinski definition) is 0. The summed E-state index contributed by atoms with van der Waals surface area (Å²) in [6.45, 7) is 1.94. The second-order valence-corrected chi connectivity index (χ2v) is 4.90. The van der Waals surface area contributed by atoms with Crippen molar-refractivity contribution in [3.8, 4) is 5.75 Å². The second kappa shape index (κ2) is 5.33. The van der Waals surface area contributed by atoms with Crippen molar-refractivity contribution >= 4 is 34.7 Å². The van der Waals surface area contributed by atoms with Gasteiger partial charge in [-0.25, -0.2) is 0 Å². The number of hydrogen-bond acceptors (Lipinski definition) is 6. The van der Waals surface area contributed by atoms with Crippen LogP contribution in [-0.2, 0) is 4.79 Å². The Labute approximate surface area is 118 Å². The van der Waals surface area contributed by atoms with Gasteiger partial charge in [-0.2, -0.15) is 0 Å². The maximum atomic E-state index is 11.9. The number of rotatable bonds is 3. The molecule has 2 amide bonds. The Kier molecular flexibility index (Phi) is 3.75. The zero-order valence-corrected chi connectivity index (χ0v) is 11.2. The van der Waals surface area contributed by atoms with Crippen LogP contribution in [0, 0.1) is 10.1 Å². The van der Waals surface area contributed by atoms with Crippen LogP contribution in [0.2, 0.25) is 0 Å². The highest BCUT2D eigenvalue weighted by molar-refractivity contribution is 8.18. The molecule has 1 aromatic carbocycles. The van der Waals surface area contributed by atoms with Crippen LogP contribution in [0.1, 0.15) is 12.5 Å². The van der Waals surface area contributed by atoms with Gasteiger partial charge < -0.3 is 5.11 Å². The average molecular weight is 293 g/mol. The van der Waals surface area contributed by atoms with E-state index in [9.17, 15) is 24.8 Å². The van der Waals surface area contributed by atoms with Crippen molar-refractivity contribution in [1.82, 2.24) is 4.90 Å². The minimum Gasteiger partial charge on any atom is -0.868 e. The van der Waals surface area contributed by atoms with E-state index in [0.717, 1.165) is 28.8 Å². The van der Waals surface area contributed by atoms with Crippen molar-refractivity contribution in [3.63, 3.8) is 0 Å². The molecule has 0 atom stereocenters. The van der Waals surface area contributed by atoms with Gasteiger partial charge in [0.05, 0.1) is 9.83 Å². The van der Waals surface area contributed by atoms with Gasteiger partial charge in [-0.15, -0.1) is 0 Å². The largest absolute Gasteiger partial charge is 0.868 e. The van der Waals surface area contributed by atoms with E-state index in [1.807, 2.05) is 0 Å². The zero-order valence-electron chi connectivity index (χ0n) is 10.4. The molecule has 0 aliphatic carbocycles. The van der Waals surface area contributed by atoms with E-state index in [1.165, 1.54) is 12.1 Å². The van der Waals surface area contributed by atoms with Crippen LogP contribution >= 0.6 is 11.8 Å². The number of nitro benzene ring substituents is 1. The normalized spacial score (nSPS) is 17.1. The maximum Gasteiger partial charge on any atom is 0.293 e. The van der Waals surface area contributed by atoms with Crippen molar-refractivity contribution in [2.75, 3.05) is 6.54 Å². The number of imide groups is 1.